The van der Waals surface area contributed by atoms with Crippen LogP contribution in [-0.2, 0) is 9.59 Å². The smallest absolute Gasteiger partial charge is 0.306 e. The Morgan fingerprint density at radius 3 is 2.69 bits per heavy atom. The van der Waals surface area contributed by atoms with Gasteiger partial charge in [-0.3, -0.25) is 19.8 Å². The molecule has 0 aromatic heterocycles. The number of hydrogen-bond donors (Lipinski definition) is 1. The molecule has 0 radical (unpaired) electrons. The molecule has 0 aromatic carbocycles. The van der Waals surface area contributed by atoms with Gasteiger partial charge in [0.2, 0.25) is 0 Å². The first-order chi connectivity index (χ1) is 7.58. The van der Waals surface area contributed by atoms with Gasteiger partial charge in [-0.05, 0) is 32.4 Å². The third-order valence-electron chi connectivity index (χ3n) is 3.07. The van der Waals surface area contributed by atoms with Gasteiger partial charge in [0.1, 0.15) is 0 Å². The molecule has 6 heteroatoms. The van der Waals surface area contributed by atoms with Crippen molar-refractivity contribution < 1.29 is 14.4 Å². The Kier molecular flexibility index (Phi) is 2.91. The zero-order valence-corrected chi connectivity index (χ0v) is 9.23. The lowest BCUT2D eigenvalue weighted by molar-refractivity contribution is -0.140. The van der Waals surface area contributed by atoms with Gasteiger partial charge in [-0.15, -0.1) is 0 Å². The average Bonchev–Trinajstić information content (AvgIpc) is 2.45. The monoisotopic (exact) mass is 225 g/mol. The summed E-state index contributed by atoms with van der Waals surface area (Å²) in [6.45, 7) is 2.27. The maximum atomic E-state index is 11.4. The van der Waals surface area contributed by atoms with E-state index >= 15 is 0 Å². The number of nitrogens with zero attached hydrogens (tertiary/aromatic N) is 2. The Morgan fingerprint density at radius 2 is 2.12 bits per heavy atom. The molecular weight excluding hydrogens is 210 g/mol. The van der Waals surface area contributed by atoms with E-state index in [0.717, 1.165) is 30.8 Å². The van der Waals surface area contributed by atoms with Gasteiger partial charge in [0.15, 0.2) is 0 Å². The van der Waals surface area contributed by atoms with E-state index in [1.807, 2.05) is 12.4 Å². The predicted molar refractivity (Wildman–Crippen MR) is 55.5 cm³/mol. The molecule has 2 aliphatic rings. The van der Waals surface area contributed by atoms with E-state index < -0.39 is 17.8 Å². The summed E-state index contributed by atoms with van der Waals surface area (Å²) in [5.74, 6) is -1.26. The highest BCUT2D eigenvalue weighted by Gasteiger charge is 2.38. The van der Waals surface area contributed by atoms with Crippen LogP contribution in [0.5, 0.6) is 0 Å². The highest BCUT2D eigenvalue weighted by molar-refractivity contribution is 6.44. The molecule has 1 N–H and O–H groups in total. The summed E-state index contributed by atoms with van der Waals surface area (Å²) < 4.78 is 0. The van der Waals surface area contributed by atoms with Gasteiger partial charge in [0, 0.05) is 13.1 Å². The summed E-state index contributed by atoms with van der Waals surface area (Å²) in [6, 6.07) is -0.580. The number of imide groups is 2. The molecular formula is C10H15N3O3. The van der Waals surface area contributed by atoms with Crippen LogP contribution in [0.3, 0.4) is 0 Å². The van der Waals surface area contributed by atoms with E-state index in [1.54, 1.807) is 0 Å². The summed E-state index contributed by atoms with van der Waals surface area (Å²) in [5, 5.41) is 2.00. The molecule has 2 rings (SSSR count). The van der Waals surface area contributed by atoms with Gasteiger partial charge in [-0.2, -0.15) is 0 Å². The van der Waals surface area contributed by atoms with Crippen LogP contribution in [0.15, 0.2) is 0 Å². The van der Waals surface area contributed by atoms with Crippen molar-refractivity contribution in [2.24, 2.45) is 5.92 Å². The summed E-state index contributed by atoms with van der Waals surface area (Å²) in [7, 11) is 2.02. The van der Waals surface area contributed by atoms with E-state index in [2.05, 4.69) is 4.90 Å². The Hall–Kier alpha value is -1.43. The number of nitrogens with one attached hydrogen (secondary N) is 1. The van der Waals surface area contributed by atoms with E-state index in [0.29, 0.717) is 6.54 Å². The number of carbonyl (C=O) groups excluding carboxylic acids is 3. The number of amides is 4. The molecule has 0 bridgehead atoms. The molecule has 1 unspecified atom stereocenters. The maximum Gasteiger partial charge on any atom is 0.331 e. The van der Waals surface area contributed by atoms with Crippen LogP contribution < -0.4 is 5.32 Å². The molecule has 4 amide bonds. The highest BCUT2D eigenvalue weighted by Crippen LogP contribution is 2.17. The SMILES string of the molecule is CN1CCCC(CN2C(=O)NC(=O)C2=O)C1. The quantitative estimate of drug-likeness (QED) is 0.503. The van der Waals surface area contributed by atoms with Crippen LogP contribution in [0.25, 0.3) is 0 Å². The first-order valence-corrected chi connectivity index (χ1v) is 5.43. The minimum absolute atomic E-state index is 0.277. The fourth-order valence-corrected chi connectivity index (χ4v) is 2.28. The zero-order valence-electron chi connectivity index (χ0n) is 9.23. The van der Waals surface area contributed by atoms with Crippen molar-refractivity contribution in [2.45, 2.75) is 12.8 Å². The van der Waals surface area contributed by atoms with Crippen LogP contribution >= 0.6 is 0 Å². The van der Waals surface area contributed by atoms with E-state index in [-0.39, 0.29) is 5.92 Å². The van der Waals surface area contributed by atoms with Crippen molar-refractivity contribution >= 4 is 17.8 Å². The molecule has 0 aliphatic carbocycles. The molecule has 16 heavy (non-hydrogen) atoms. The Labute approximate surface area is 93.6 Å². The number of hydrogen-bond acceptors (Lipinski definition) is 4. The Bertz CT molecular complexity index is 342. The van der Waals surface area contributed by atoms with Crippen molar-refractivity contribution in [3.8, 4) is 0 Å². The molecule has 0 spiro atoms. The van der Waals surface area contributed by atoms with E-state index in [4.69, 9.17) is 0 Å². The average molecular weight is 225 g/mol. The zero-order chi connectivity index (χ0) is 11.7. The van der Waals surface area contributed by atoms with Gasteiger partial charge in [0.25, 0.3) is 0 Å². The summed E-state index contributed by atoms with van der Waals surface area (Å²) in [5.41, 5.74) is 0. The summed E-state index contributed by atoms with van der Waals surface area (Å²) >= 11 is 0. The molecule has 2 saturated heterocycles. The molecule has 6 nitrogen and oxygen atoms in total. The lowest BCUT2D eigenvalue weighted by Crippen LogP contribution is -2.41. The maximum absolute atomic E-state index is 11.4. The summed E-state index contributed by atoms with van der Waals surface area (Å²) in [6.07, 6.45) is 2.06. The van der Waals surface area contributed by atoms with Crippen molar-refractivity contribution in [3.63, 3.8) is 0 Å². The van der Waals surface area contributed by atoms with Crippen molar-refractivity contribution in [3.05, 3.63) is 0 Å². The largest absolute Gasteiger partial charge is 0.331 e. The van der Waals surface area contributed by atoms with E-state index in [9.17, 15) is 14.4 Å². The number of carbonyl (C=O) groups is 3. The molecule has 2 fully saturated rings. The molecule has 2 heterocycles. The second-order valence-electron chi connectivity index (χ2n) is 4.45. The first kappa shape index (κ1) is 11.1. The topological polar surface area (TPSA) is 69.7 Å². The van der Waals surface area contributed by atoms with Crippen LogP contribution in [0.2, 0.25) is 0 Å². The predicted octanol–water partition coefficient (Wildman–Crippen LogP) is -0.593. The van der Waals surface area contributed by atoms with Crippen LogP contribution in [0.4, 0.5) is 4.79 Å². The third kappa shape index (κ3) is 2.06. The molecule has 2 aliphatic heterocycles. The minimum Gasteiger partial charge on any atom is -0.306 e. The fourth-order valence-electron chi connectivity index (χ4n) is 2.28. The van der Waals surface area contributed by atoms with Crippen LogP contribution in [-0.4, -0.2) is 54.3 Å². The number of urea groups is 1. The minimum atomic E-state index is -0.811. The second kappa shape index (κ2) is 4.21. The lowest BCUT2D eigenvalue weighted by Gasteiger charge is -2.31. The molecule has 0 saturated carbocycles. The van der Waals surface area contributed by atoms with Crippen LogP contribution in [0, 0.1) is 5.92 Å². The Morgan fingerprint density at radius 1 is 1.38 bits per heavy atom. The molecule has 1 atom stereocenters. The second-order valence-corrected chi connectivity index (χ2v) is 4.45. The normalized spacial score (nSPS) is 27.4. The molecule has 88 valence electrons. The first-order valence-electron chi connectivity index (χ1n) is 5.43. The van der Waals surface area contributed by atoms with Crippen molar-refractivity contribution in [1.29, 1.82) is 0 Å². The number of likely N-dealkylation sites (tertiary alicyclic amines) is 1. The van der Waals surface area contributed by atoms with Gasteiger partial charge in [-0.25, -0.2) is 4.79 Å². The van der Waals surface area contributed by atoms with Gasteiger partial charge >= 0.3 is 17.8 Å². The number of rotatable bonds is 2. The Balaban J connectivity index is 1.96. The number of piperidine rings is 1. The van der Waals surface area contributed by atoms with Gasteiger partial charge in [-0.1, -0.05) is 0 Å². The highest BCUT2D eigenvalue weighted by atomic mass is 16.2. The lowest BCUT2D eigenvalue weighted by atomic mass is 9.98. The van der Waals surface area contributed by atoms with E-state index in [1.165, 1.54) is 0 Å². The standard InChI is InChI=1S/C10H15N3O3/c1-12-4-2-3-7(5-12)6-13-9(15)8(14)11-10(13)16/h7H,2-6H2,1H3,(H,11,14,16). The third-order valence-corrected chi connectivity index (χ3v) is 3.07. The van der Waals surface area contributed by atoms with Gasteiger partial charge in [0.05, 0.1) is 0 Å². The summed E-state index contributed by atoms with van der Waals surface area (Å²) in [4.78, 5) is 36.8. The fraction of sp³-hybridized carbons (Fsp3) is 0.700. The van der Waals surface area contributed by atoms with Crippen LogP contribution in [0.1, 0.15) is 12.8 Å². The van der Waals surface area contributed by atoms with Crippen molar-refractivity contribution in [1.82, 2.24) is 15.1 Å². The molecule has 0 aromatic rings. The van der Waals surface area contributed by atoms with Gasteiger partial charge < -0.3 is 4.90 Å². The van der Waals surface area contributed by atoms with Crippen molar-refractivity contribution in [2.75, 3.05) is 26.7 Å².